The lowest BCUT2D eigenvalue weighted by atomic mass is 10.2. The molecule has 1 aliphatic heterocycles. The van der Waals surface area contributed by atoms with E-state index in [0.29, 0.717) is 0 Å². The zero-order valence-electron chi connectivity index (χ0n) is 15.3. The molecule has 1 saturated heterocycles. The quantitative estimate of drug-likeness (QED) is 0.586. The molecule has 0 bridgehead atoms. The molecule has 4 aromatic rings. The molecule has 1 aliphatic rings. The zero-order valence-corrected chi connectivity index (χ0v) is 15.3. The van der Waals surface area contributed by atoms with Crippen LogP contribution >= 0.6 is 0 Å². The Hall–Kier alpha value is -3.06. The zero-order chi connectivity index (χ0) is 18.4. The van der Waals surface area contributed by atoms with Crippen LogP contribution in [0.3, 0.4) is 0 Å². The number of aryl methyl sites for hydroxylation is 1. The van der Waals surface area contributed by atoms with Crippen LogP contribution < -0.4 is 10.6 Å². The molecule has 1 aromatic carbocycles. The van der Waals surface area contributed by atoms with Gasteiger partial charge in [0.25, 0.3) is 0 Å². The van der Waals surface area contributed by atoms with Crippen molar-refractivity contribution < 1.29 is 0 Å². The van der Waals surface area contributed by atoms with Gasteiger partial charge in [0.05, 0.1) is 28.1 Å². The van der Waals surface area contributed by atoms with Gasteiger partial charge < -0.3 is 19.3 Å². The third kappa shape index (κ3) is 2.80. The van der Waals surface area contributed by atoms with E-state index in [0.717, 1.165) is 60.8 Å². The fourth-order valence-electron chi connectivity index (χ4n) is 4.02. The second kappa shape index (κ2) is 6.28. The second-order valence-corrected chi connectivity index (χ2v) is 7.11. The molecule has 0 radical (unpaired) electrons. The van der Waals surface area contributed by atoms with Crippen molar-refractivity contribution in [1.29, 1.82) is 0 Å². The van der Waals surface area contributed by atoms with Crippen LogP contribution in [0.25, 0.3) is 16.7 Å². The van der Waals surface area contributed by atoms with Crippen molar-refractivity contribution in [3.8, 4) is 0 Å². The van der Waals surface area contributed by atoms with Crippen LogP contribution in [0.15, 0.2) is 47.4 Å². The Labute approximate surface area is 156 Å². The normalized spacial score (nSPS) is 15.8. The predicted molar refractivity (Wildman–Crippen MR) is 106 cm³/mol. The van der Waals surface area contributed by atoms with Crippen molar-refractivity contribution >= 4 is 22.4 Å². The number of hydrogen-bond donors (Lipinski definition) is 2. The molecule has 3 aromatic heterocycles. The van der Waals surface area contributed by atoms with Gasteiger partial charge in [-0.15, -0.1) is 0 Å². The predicted octanol–water partition coefficient (Wildman–Crippen LogP) is 2.13. The number of rotatable bonds is 3. The number of hydrogen-bond acceptors (Lipinski definition) is 4. The number of piperazine rings is 1. The molecule has 2 N–H and O–H groups in total. The number of anilines is 1. The molecule has 5 rings (SSSR count). The Balaban J connectivity index is 1.34. The van der Waals surface area contributed by atoms with E-state index in [2.05, 4.69) is 48.3 Å². The van der Waals surface area contributed by atoms with Crippen molar-refractivity contribution in [2.24, 2.45) is 0 Å². The van der Waals surface area contributed by atoms with Gasteiger partial charge in [0, 0.05) is 38.9 Å². The average molecular weight is 362 g/mol. The maximum absolute atomic E-state index is 11.6. The van der Waals surface area contributed by atoms with Crippen molar-refractivity contribution in [1.82, 2.24) is 24.3 Å². The van der Waals surface area contributed by atoms with Crippen molar-refractivity contribution in [2.75, 3.05) is 31.1 Å². The highest BCUT2D eigenvalue weighted by Crippen LogP contribution is 2.25. The maximum Gasteiger partial charge on any atom is 0.323 e. The highest BCUT2D eigenvalue weighted by Gasteiger charge is 2.21. The Morgan fingerprint density at radius 2 is 1.89 bits per heavy atom. The number of benzene rings is 1. The van der Waals surface area contributed by atoms with E-state index >= 15 is 0 Å². The van der Waals surface area contributed by atoms with Gasteiger partial charge in [-0.3, -0.25) is 4.90 Å². The largest absolute Gasteiger partial charge is 0.367 e. The molecule has 0 saturated carbocycles. The monoisotopic (exact) mass is 362 g/mol. The van der Waals surface area contributed by atoms with Gasteiger partial charge in [-0.05, 0) is 31.2 Å². The second-order valence-electron chi connectivity index (χ2n) is 7.11. The van der Waals surface area contributed by atoms with Crippen LogP contribution in [0.5, 0.6) is 0 Å². The van der Waals surface area contributed by atoms with E-state index in [1.165, 1.54) is 5.69 Å². The fourth-order valence-corrected chi connectivity index (χ4v) is 4.02. The average Bonchev–Trinajstić information content (AvgIpc) is 3.21. The fraction of sp³-hybridized carbons (Fsp3) is 0.300. The van der Waals surface area contributed by atoms with Gasteiger partial charge in [0.1, 0.15) is 5.65 Å². The van der Waals surface area contributed by atoms with Gasteiger partial charge in [0.2, 0.25) is 0 Å². The molecule has 0 amide bonds. The van der Waals surface area contributed by atoms with E-state index in [4.69, 9.17) is 0 Å². The Bertz CT molecular complexity index is 1160. The van der Waals surface area contributed by atoms with Crippen LogP contribution in [0.2, 0.25) is 0 Å². The summed E-state index contributed by atoms with van der Waals surface area (Å²) in [5, 5.41) is 0. The molecule has 4 heterocycles. The molecule has 0 aliphatic carbocycles. The summed E-state index contributed by atoms with van der Waals surface area (Å²) in [7, 11) is 0. The minimum absolute atomic E-state index is 0.154. The molecule has 138 valence electrons. The Morgan fingerprint density at radius 1 is 1.04 bits per heavy atom. The topological polar surface area (TPSA) is 72.4 Å². The molecular formula is C20H22N6O. The summed E-state index contributed by atoms with van der Waals surface area (Å²) in [5.74, 6) is 0. The molecule has 0 atom stereocenters. The minimum atomic E-state index is -0.154. The van der Waals surface area contributed by atoms with Crippen LogP contribution in [-0.2, 0) is 6.54 Å². The Kier molecular flexibility index (Phi) is 3.75. The number of nitrogens with one attached hydrogen (secondary N) is 2. The van der Waals surface area contributed by atoms with Crippen molar-refractivity contribution in [3.63, 3.8) is 0 Å². The summed E-state index contributed by atoms with van der Waals surface area (Å²) in [4.78, 5) is 26.9. The van der Waals surface area contributed by atoms with E-state index < -0.39 is 0 Å². The van der Waals surface area contributed by atoms with Gasteiger partial charge in [-0.2, -0.15) is 0 Å². The molecule has 7 heteroatoms. The SMILES string of the molecule is Cc1nc2ccccn2c1CN1CCN(c2cccc3[nH]c(=O)[nH]c23)CC1. The van der Waals surface area contributed by atoms with Crippen LogP contribution in [0.1, 0.15) is 11.4 Å². The first-order chi connectivity index (χ1) is 13.2. The number of aromatic amines is 2. The number of pyridine rings is 1. The third-order valence-electron chi connectivity index (χ3n) is 5.44. The molecule has 1 fully saturated rings. The van der Waals surface area contributed by atoms with E-state index in [-0.39, 0.29) is 5.69 Å². The first kappa shape index (κ1) is 16.1. The Morgan fingerprint density at radius 3 is 2.74 bits per heavy atom. The number of aromatic nitrogens is 4. The summed E-state index contributed by atoms with van der Waals surface area (Å²) in [6.45, 7) is 6.80. The number of para-hydroxylation sites is 1. The van der Waals surface area contributed by atoms with Crippen LogP contribution in [0, 0.1) is 6.92 Å². The smallest absolute Gasteiger partial charge is 0.323 e. The summed E-state index contributed by atoms with van der Waals surface area (Å²) in [6, 6.07) is 12.1. The summed E-state index contributed by atoms with van der Waals surface area (Å²) < 4.78 is 2.19. The number of nitrogens with zero attached hydrogens (tertiary/aromatic N) is 4. The van der Waals surface area contributed by atoms with Gasteiger partial charge in [-0.1, -0.05) is 12.1 Å². The number of fused-ring (bicyclic) bond motifs is 2. The van der Waals surface area contributed by atoms with Crippen LogP contribution in [0.4, 0.5) is 5.69 Å². The molecular weight excluding hydrogens is 340 g/mol. The minimum Gasteiger partial charge on any atom is -0.367 e. The van der Waals surface area contributed by atoms with Crippen molar-refractivity contribution in [2.45, 2.75) is 13.5 Å². The highest BCUT2D eigenvalue weighted by molar-refractivity contribution is 5.88. The van der Waals surface area contributed by atoms with E-state index in [9.17, 15) is 4.79 Å². The number of H-pyrrole nitrogens is 2. The highest BCUT2D eigenvalue weighted by atomic mass is 16.1. The summed E-state index contributed by atoms with van der Waals surface area (Å²) in [5.41, 5.74) is 6.06. The maximum atomic E-state index is 11.6. The first-order valence-electron chi connectivity index (χ1n) is 9.30. The number of imidazole rings is 2. The lowest BCUT2D eigenvalue weighted by Gasteiger charge is -2.36. The van der Waals surface area contributed by atoms with Crippen LogP contribution in [-0.4, -0.2) is 50.4 Å². The molecule has 0 spiro atoms. The summed E-state index contributed by atoms with van der Waals surface area (Å²) in [6.07, 6.45) is 2.09. The van der Waals surface area contributed by atoms with E-state index in [1.54, 1.807) is 0 Å². The molecule has 27 heavy (non-hydrogen) atoms. The van der Waals surface area contributed by atoms with Crippen molar-refractivity contribution in [3.05, 3.63) is 64.5 Å². The van der Waals surface area contributed by atoms with Gasteiger partial charge in [-0.25, -0.2) is 9.78 Å². The first-order valence-corrected chi connectivity index (χ1v) is 9.30. The molecule has 0 unspecified atom stereocenters. The molecule has 7 nitrogen and oxygen atoms in total. The van der Waals surface area contributed by atoms with E-state index in [1.807, 2.05) is 30.3 Å². The lowest BCUT2D eigenvalue weighted by molar-refractivity contribution is 0.246. The van der Waals surface area contributed by atoms with Gasteiger partial charge >= 0.3 is 5.69 Å². The lowest BCUT2D eigenvalue weighted by Crippen LogP contribution is -2.46. The third-order valence-corrected chi connectivity index (χ3v) is 5.44. The summed E-state index contributed by atoms with van der Waals surface area (Å²) >= 11 is 0. The standard InChI is InChI=1S/C20H22N6O/c1-14-17(26-8-3-2-7-18(26)21-14)13-24-9-11-25(12-10-24)16-6-4-5-15-19(16)23-20(27)22-15/h2-8H,9-13H2,1H3,(H2,22,23,27). The van der Waals surface area contributed by atoms with Gasteiger partial charge in [0.15, 0.2) is 0 Å².